The van der Waals surface area contributed by atoms with Gasteiger partial charge in [-0.1, -0.05) is 18.9 Å². The van der Waals surface area contributed by atoms with Gasteiger partial charge < -0.3 is 10.6 Å². The molecule has 0 spiro atoms. The zero-order chi connectivity index (χ0) is 19.1. The average Bonchev–Trinajstić information content (AvgIpc) is 2.97. The topological polar surface area (TPSA) is 92.5 Å². The van der Waals surface area contributed by atoms with E-state index in [2.05, 4.69) is 5.32 Å². The average molecular weight is 373 g/mol. The van der Waals surface area contributed by atoms with Gasteiger partial charge in [-0.05, 0) is 43.2 Å². The third-order valence-electron chi connectivity index (χ3n) is 6.18. The van der Waals surface area contributed by atoms with Crippen molar-refractivity contribution in [3.63, 3.8) is 0 Å². The normalized spacial score (nSPS) is 28.3. The molecule has 3 atom stereocenters. The largest absolute Gasteiger partial charge is 0.327 e. The van der Waals surface area contributed by atoms with Crippen LogP contribution in [0.4, 0.5) is 4.39 Å². The predicted octanol–water partition coefficient (Wildman–Crippen LogP) is 1.65. The summed E-state index contributed by atoms with van der Waals surface area (Å²) in [6.45, 7) is 0.0663. The zero-order valence-electron chi connectivity index (χ0n) is 15.2. The molecule has 1 aliphatic carbocycles. The molecule has 2 unspecified atom stereocenters. The second kappa shape index (κ2) is 7.03. The van der Waals surface area contributed by atoms with E-state index in [1.54, 1.807) is 12.1 Å². The fraction of sp³-hybridized carbons (Fsp3) is 0.550. The Balaban J connectivity index is 1.55. The summed E-state index contributed by atoms with van der Waals surface area (Å²) in [6.07, 6.45) is 5.25. The van der Waals surface area contributed by atoms with Crippen LogP contribution < -0.4 is 11.1 Å². The minimum absolute atomic E-state index is 0.0663. The summed E-state index contributed by atoms with van der Waals surface area (Å²) in [5.41, 5.74) is 7.46. The fourth-order valence-corrected chi connectivity index (χ4v) is 4.58. The van der Waals surface area contributed by atoms with Crippen molar-refractivity contribution < 1.29 is 18.8 Å². The minimum atomic E-state index is -0.725. The molecule has 1 saturated carbocycles. The molecule has 6 nitrogen and oxygen atoms in total. The Morgan fingerprint density at radius 1 is 1.15 bits per heavy atom. The van der Waals surface area contributed by atoms with Crippen molar-refractivity contribution in [2.75, 3.05) is 0 Å². The summed E-state index contributed by atoms with van der Waals surface area (Å²) in [6, 6.07) is 2.71. The van der Waals surface area contributed by atoms with E-state index in [9.17, 15) is 14.4 Å². The maximum atomic E-state index is 15.2. The Morgan fingerprint density at radius 2 is 1.93 bits per heavy atom. The van der Waals surface area contributed by atoms with E-state index in [1.165, 1.54) is 4.90 Å². The second-order valence-electron chi connectivity index (χ2n) is 7.88. The van der Waals surface area contributed by atoms with Crippen LogP contribution in [-0.2, 0) is 22.6 Å². The van der Waals surface area contributed by atoms with Gasteiger partial charge in [-0.15, -0.1) is 0 Å². The van der Waals surface area contributed by atoms with E-state index in [0.29, 0.717) is 23.1 Å². The van der Waals surface area contributed by atoms with E-state index in [0.717, 1.165) is 25.7 Å². The van der Waals surface area contributed by atoms with E-state index >= 15 is 4.39 Å². The molecule has 27 heavy (non-hydrogen) atoms. The van der Waals surface area contributed by atoms with Crippen molar-refractivity contribution in [3.8, 4) is 0 Å². The molecule has 2 fully saturated rings. The molecular weight excluding hydrogens is 349 g/mol. The van der Waals surface area contributed by atoms with Gasteiger partial charge in [-0.2, -0.15) is 0 Å². The lowest BCUT2D eigenvalue weighted by molar-refractivity contribution is -0.136. The van der Waals surface area contributed by atoms with Gasteiger partial charge in [0, 0.05) is 23.6 Å². The SMILES string of the molecule is NC1CCCC[C@@H]1Cc1ccc2c(c1F)CN(C1CCC(=O)NC1=O)C2=O. The van der Waals surface area contributed by atoms with Gasteiger partial charge in [0.05, 0.1) is 6.54 Å². The minimum Gasteiger partial charge on any atom is -0.327 e. The van der Waals surface area contributed by atoms with Gasteiger partial charge in [0.25, 0.3) is 5.91 Å². The van der Waals surface area contributed by atoms with Gasteiger partial charge in [-0.3, -0.25) is 19.7 Å². The number of hydrogen-bond donors (Lipinski definition) is 2. The Hall–Kier alpha value is -2.28. The highest BCUT2D eigenvalue weighted by Crippen LogP contribution is 2.33. The number of carbonyl (C=O) groups is 3. The molecule has 3 amide bonds. The Morgan fingerprint density at radius 3 is 2.67 bits per heavy atom. The smallest absolute Gasteiger partial charge is 0.255 e. The molecule has 144 valence electrons. The van der Waals surface area contributed by atoms with Crippen molar-refractivity contribution >= 4 is 17.7 Å². The highest BCUT2D eigenvalue weighted by atomic mass is 19.1. The van der Waals surface area contributed by atoms with Crippen molar-refractivity contribution in [1.29, 1.82) is 0 Å². The quantitative estimate of drug-likeness (QED) is 0.788. The highest BCUT2D eigenvalue weighted by Gasteiger charge is 2.40. The summed E-state index contributed by atoms with van der Waals surface area (Å²) in [7, 11) is 0. The first-order valence-corrected chi connectivity index (χ1v) is 9.66. The number of amides is 3. The van der Waals surface area contributed by atoms with E-state index in [1.807, 2.05) is 0 Å². The lowest BCUT2D eigenvalue weighted by Gasteiger charge is -2.29. The number of carbonyl (C=O) groups excluding carboxylic acids is 3. The van der Waals surface area contributed by atoms with Crippen LogP contribution in [0.2, 0.25) is 0 Å². The zero-order valence-corrected chi connectivity index (χ0v) is 15.2. The van der Waals surface area contributed by atoms with Gasteiger partial charge >= 0.3 is 0 Å². The van der Waals surface area contributed by atoms with Crippen molar-refractivity contribution in [1.82, 2.24) is 10.2 Å². The van der Waals surface area contributed by atoms with Crippen LogP contribution >= 0.6 is 0 Å². The molecule has 2 aliphatic heterocycles. The Kier molecular flexibility index (Phi) is 4.72. The predicted molar refractivity (Wildman–Crippen MR) is 96.1 cm³/mol. The number of imide groups is 1. The molecule has 3 N–H and O–H groups in total. The third kappa shape index (κ3) is 3.25. The van der Waals surface area contributed by atoms with Crippen LogP contribution in [-0.4, -0.2) is 34.7 Å². The van der Waals surface area contributed by atoms with Crippen LogP contribution in [0.3, 0.4) is 0 Å². The van der Waals surface area contributed by atoms with Crippen LogP contribution in [0.15, 0.2) is 12.1 Å². The standard InChI is InChI=1S/C20H24FN3O3/c21-18-12(9-11-3-1-2-4-15(11)22)5-6-13-14(18)10-24(20(13)27)16-7-8-17(25)23-19(16)26/h5-6,11,15-16H,1-4,7-10,22H2,(H,23,25,26)/t11-,15?,16?/m1/s1. The van der Waals surface area contributed by atoms with Crippen LogP contribution in [0.1, 0.15) is 60.0 Å². The molecule has 1 saturated heterocycles. The van der Waals surface area contributed by atoms with Crippen LogP contribution in [0.5, 0.6) is 0 Å². The molecule has 1 aromatic carbocycles. The van der Waals surface area contributed by atoms with Crippen molar-refractivity contribution in [2.24, 2.45) is 11.7 Å². The Bertz CT molecular complexity index is 810. The number of hydrogen-bond acceptors (Lipinski definition) is 4. The van der Waals surface area contributed by atoms with Crippen LogP contribution in [0.25, 0.3) is 0 Å². The van der Waals surface area contributed by atoms with Crippen molar-refractivity contribution in [3.05, 3.63) is 34.6 Å². The number of fused-ring (bicyclic) bond motifs is 1. The highest BCUT2D eigenvalue weighted by molar-refractivity contribution is 6.05. The maximum absolute atomic E-state index is 15.2. The maximum Gasteiger partial charge on any atom is 0.255 e. The van der Waals surface area contributed by atoms with Crippen molar-refractivity contribution in [2.45, 2.75) is 63.6 Å². The summed E-state index contributed by atoms with van der Waals surface area (Å²) in [4.78, 5) is 37.5. The van der Waals surface area contributed by atoms with Gasteiger partial charge in [0.15, 0.2) is 0 Å². The summed E-state index contributed by atoms with van der Waals surface area (Å²) >= 11 is 0. The lowest BCUT2D eigenvalue weighted by atomic mass is 9.81. The molecule has 3 aliphatic rings. The molecular formula is C20H24FN3O3. The number of rotatable bonds is 3. The molecule has 2 heterocycles. The molecule has 0 bridgehead atoms. The summed E-state index contributed by atoms with van der Waals surface area (Å²) < 4.78 is 15.2. The van der Waals surface area contributed by atoms with E-state index in [-0.39, 0.29) is 49.0 Å². The number of piperidine rings is 1. The van der Waals surface area contributed by atoms with E-state index in [4.69, 9.17) is 5.73 Å². The molecule has 4 rings (SSSR count). The van der Waals surface area contributed by atoms with Gasteiger partial charge in [-0.25, -0.2) is 4.39 Å². The number of nitrogens with zero attached hydrogens (tertiary/aromatic N) is 1. The lowest BCUT2D eigenvalue weighted by Crippen LogP contribution is -2.52. The first kappa shape index (κ1) is 18.1. The number of nitrogens with two attached hydrogens (primary N) is 1. The molecule has 1 aromatic rings. The third-order valence-corrected chi connectivity index (χ3v) is 6.18. The fourth-order valence-electron chi connectivity index (χ4n) is 4.58. The molecule has 7 heteroatoms. The van der Waals surface area contributed by atoms with Crippen LogP contribution in [0, 0.1) is 11.7 Å². The summed E-state index contributed by atoms with van der Waals surface area (Å²) in [5, 5.41) is 2.26. The van der Waals surface area contributed by atoms with Gasteiger partial charge in [0.2, 0.25) is 11.8 Å². The number of halogens is 1. The second-order valence-corrected chi connectivity index (χ2v) is 7.88. The first-order chi connectivity index (χ1) is 13.0. The first-order valence-electron chi connectivity index (χ1n) is 9.66. The monoisotopic (exact) mass is 373 g/mol. The van der Waals surface area contributed by atoms with E-state index < -0.39 is 11.9 Å². The Labute approximate surface area is 157 Å². The molecule has 0 radical (unpaired) electrons. The molecule has 0 aromatic heterocycles. The summed E-state index contributed by atoms with van der Waals surface area (Å²) in [5.74, 6) is -1.26. The van der Waals surface area contributed by atoms with Gasteiger partial charge in [0.1, 0.15) is 11.9 Å². The number of nitrogens with one attached hydrogen (secondary N) is 1. The number of benzene rings is 1.